The largest absolute Gasteiger partial charge is 0.376 e. The van der Waals surface area contributed by atoms with Gasteiger partial charge in [-0.1, -0.05) is 12.1 Å². The minimum absolute atomic E-state index is 0.117. The molecular formula is C16H16F4N4O. The highest BCUT2D eigenvalue weighted by Crippen LogP contribution is 2.23. The molecule has 0 unspecified atom stereocenters. The van der Waals surface area contributed by atoms with E-state index in [0.29, 0.717) is 11.3 Å². The van der Waals surface area contributed by atoms with Gasteiger partial charge in [-0.25, -0.2) is 0 Å². The monoisotopic (exact) mass is 356 g/mol. The fraction of sp³-hybridized carbons (Fsp3) is 0.250. The highest BCUT2D eigenvalue weighted by Gasteiger charge is 2.20. The number of halogens is 4. The number of rotatable bonds is 6. The summed E-state index contributed by atoms with van der Waals surface area (Å²) >= 11 is 0. The summed E-state index contributed by atoms with van der Waals surface area (Å²) in [4.78, 5) is 15.9. The molecule has 0 spiro atoms. The van der Waals surface area contributed by atoms with Crippen LogP contribution in [-0.2, 0) is 11.3 Å². The van der Waals surface area contributed by atoms with Gasteiger partial charge < -0.3 is 15.5 Å². The summed E-state index contributed by atoms with van der Waals surface area (Å²) in [5.41, 5.74) is 0.0883. The standard InChI is InChI=1S/C16H16F4N4O/c1-24(2)8-11(25)22-10-5-3-4-9(6-10)7-21-14-12(17)15(19)23-16(20)13(14)18/h3-6H,7-8H2,1-2H3,(H,21,23)(H,22,25). The van der Waals surface area contributed by atoms with E-state index in [2.05, 4.69) is 15.6 Å². The van der Waals surface area contributed by atoms with Crippen molar-refractivity contribution in [3.63, 3.8) is 0 Å². The lowest BCUT2D eigenvalue weighted by atomic mass is 10.2. The van der Waals surface area contributed by atoms with Gasteiger partial charge in [0.2, 0.25) is 17.5 Å². The normalized spacial score (nSPS) is 10.8. The minimum Gasteiger partial charge on any atom is -0.376 e. The number of pyridine rings is 1. The van der Waals surface area contributed by atoms with Crippen LogP contribution in [-0.4, -0.2) is 36.4 Å². The zero-order chi connectivity index (χ0) is 18.6. The molecular weight excluding hydrogens is 340 g/mol. The molecule has 134 valence electrons. The number of hydrogen-bond acceptors (Lipinski definition) is 4. The van der Waals surface area contributed by atoms with Crippen molar-refractivity contribution in [2.75, 3.05) is 31.3 Å². The summed E-state index contributed by atoms with van der Waals surface area (Å²) in [6, 6.07) is 6.47. The molecule has 2 aromatic rings. The molecule has 5 nitrogen and oxygen atoms in total. The Morgan fingerprint density at radius 1 is 1.12 bits per heavy atom. The lowest BCUT2D eigenvalue weighted by Gasteiger charge is -2.12. The average Bonchev–Trinajstić information content (AvgIpc) is 2.52. The SMILES string of the molecule is CN(C)CC(=O)Nc1cccc(CNc2c(F)c(F)nc(F)c2F)c1. The van der Waals surface area contributed by atoms with Gasteiger partial charge in [-0.05, 0) is 31.8 Å². The summed E-state index contributed by atoms with van der Waals surface area (Å²) in [5.74, 6) is -6.90. The van der Waals surface area contributed by atoms with Crippen LogP contribution in [0.2, 0.25) is 0 Å². The Balaban J connectivity index is 2.10. The van der Waals surface area contributed by atoms with Crippen molar-refractivity contribution in [1.29, 1.82) is 0 Å². The van der Waals surface area contributed by atoms with Crippen molar-refractivity contribution in [2.24, 2.45) is 0 Å². The molecule has 0 saturated heterocycles. The van der Waals surface area contributed by atoms with Gasteiger partial charge in [0.15, 0.2) is 0 Å². The number of nitrogens with zero attached hydrogens (tertiary/aromatic N) is 2. The molecule has 2 rings (SSSR count). The van der Waals surface area contributed by atoms with E-state index in [-0.39, 0.29) is 19.0 Å². The van der Waals surface area contributed by atoms with E-state index in [0.717, 1.165) is 0 Å². The minimum atomic E-state index is -1.73. The summed E-state index contributed by atoms with van der Waals surface area (Å²) < 4.78 is 53.2. The highest BCUT2D eigenvalue weighted by atomic mass is 19.2. The fourth-order valence-electron chi connectivity index (χ4n) is 2.08. The molecule has 1 amide bonds. The van der Waals surface area contributed by atoms with E-state index in [1.54, 1.807) is 43.3 Å². The Kier molecular flexibility index (Phi) is 5.92. The Morgan fingerprint density at radius 3 is 2.36 bits per heavy atom. The Bertz CT molecular complexity index is 757. The van der Waals surface area contributed by atoms with Crippen molar-refractivity contribution >= 4 is 17.3 Å². The molecule has 0 aliphatic heterocycles. The third-order valence-electron chi connectivity index (χ3n) is 3.14. The number of likely N-dealkylation sites (N-methyl/N-ethyl adjacent to an activating group) is 1. The third kappa shape index (κ3) is 4.90. The maximum Gasteiger partial charge on any atom is 0.253 e. The molecule has 1 heterocycles. The first kappa shape index (κ1) is 18.7. The van der Waals surface area contributed by atoms with Gasteiger partial charge in [0.05, 0.1) is 6.54 Å². The Labute approximate surface area is 141 Å². The number of aromatic nitrogens is 1. The summed E-state index contributed by atoms with van der Waals surface area (Å²) in [6.07, 6.45) is 0. The first-order valence-electron chi connectivity index (χ1n) is 7.25. The Morgan fingerprint density at radius 2 is 1.76 bits per heavy atom. The predicted octanol–water partition coefficient (Wildman–Crippen LogP) is 2.75. The number of amides is 1. The smallest absolute Gasteiger partial charge is 0.253 e. The summed E-state index contributed by atoms with van der Waals surface area (Å²) in [6.45, 7) is 0.0720. The molecule has 0 aliphatic rings. The topological polar surface area (TPSA) is 57.3 Å². The van der Waals surface area contributed by atoms with E-state index in [4.69, 9.17) is 0 Å². The van der Waals surface area contributed by atoms with Crippen molar-refractivity contribution in [1.82, 2.24) is 9.88 Å². The van der Waals surface area contributed by atoms with Crippen LogP contribution in [0.4, 0.5) is 28.9 Å². The molecule has 1 aromatic carbocycles. The molecule has 1 aromatic heterocycles. The molecule has 0 fully saturated rings. The molecule has 0 bridgehead atoms. The zero-order valence-corrected chi connectivity index (χ0v) is 13.5. The molecule has 0 saturated carbocycles. The van der Waals surface area contributed by atoms with Crippen molar-refractivity contribution in [3.05, 3.63) is 53.4 Å². The van der Waals surface area contributed by atoms with Crippen LogP contribution in [0, 0.1) is 23.5 Å². The van der Waals surface area contributed by atoms with Crippen LogP contribution in [0.25, 0.3) is 0 Å². The van der Waals surface area contributed by atoms with Gasteiger partial charge in [0.25, 0.3) is 11.9 Å². The summed E-state index contributed by atoms with van der Waals surface area (Å²) in [7, 11) is 3.49. The van der Waals surface area contributed by atoms with Crippen LogP contribution in [0.5, 0.6) is 0 Å². The molecule has 2 N–H and O–H groups in total. The molecule has 0 aliphatic carbocycles. The van der Waals surface area contributed by atoms with Crippen LogP contribution < -0.4 is 10.6 Å². The van der Waals surface area contributed by atoms with Crippen molar-refractivity contribution < 1.29 is 22.4 Å². The van der Waals surface area contributed by atoms with Crippen LogP contribution in [0.15, 0.2) is 24.3 Å². The van der Waals surface area contributed by atoms with Crippen LogP contribution in [0.1, 0.15) is 5.56 Å². The quantitative estimate of drug-likeness (QED) is 0.617. The van der Waals surface area contributed by atoms with E-state index in [9.17, 15) is 22.4 Å². The fourth-order valence-corrected chi connectivity index (χ4v) is 2.08. The maximum atomic E-state index is 13.5. The Hall–Kier alpha value is -2.68. The van der Waals surface area contributed by atoms with Gasteiger partial charge in [-0.15, -0.1) is 0 Å². The van der Waals surface area contributed by atoms with E-state index in [1.165, 1.54) is 0 Å². The second-order valence-electron chi connectivity index (χ2n) is 5.54. The summed E-state index contributed by atoms with van der Waals surface area (Å²) in [5, 5.41) is 4.97. The maximum absolute atomic E-state index is 13.5. The molecule has 0 radical (unpaired) electrons. The van der Waals surface area contributed by atoms with Gasteiger partial charge in [-0.2, -0.15) is 22.5 Å². The first-order chi connectivity index (χ1) is 11.8. The zero-order valence-electron chi connectivity index (χ0n) is 13.5. The number of benzene rings is 1. The number of carbonyl (C=O) groups is 1. The van der Waals surface area contributed by atoms with Crippen LogP contribution >= 0.6 is 0 Å². The predicted molar refractivity (Wildman–Crippen MR) is 85.0 cm³/mol. The molecule has 0 atom stereocenters. The van der Waals surface area contributed by atoms with Crippen LogP contribution in [0.3, 0.4) is 0 Å². The average molecular weight is 356 g/mol. The lowest BCUT2D eigenvalue weighted by Crippen LogP contribution is -2.27. The highest BCUT2D eigenvalue weighted by molar-refractivity contribution is 5.92. The van der Waals surface area contributed by atoms with E-state index in [1.807, 2.05) is 0 Å². The number of carbonyl (C=O) groups excluding carboxylic acids is 1. The second kappa shape index (κ2) is 7.93. The number of hydrogen-bond donors (Lipinski definition) is 2. The number of nitrogens with one attached hydrogen (secondary N) is 2. The van der Waals surface area contributed by atoms with Crippen molar-refractivity contribution in [2.45, 2.75) is 6.54 Å². The molecule has 25 heavy (non-hydrogen) atoms. The number of anilines is 2. The third-order valence-corrected chi connectivity index (χ3v) is 3.14. The van der Waals surface area contributed by atoms with Gasteiger partial charge in [0, 0.05) is 12.2 Å². The van der Waals surface area contributed by atoms with Gasteiger partial charge in [-0.3, -0.25) is 4.79 Å². The lowest BCUT2D eigenvalue weighted by molar-refractivity contribution is -0.116. The van der Waals surface area contributed by atoms with Gasteiger partial charge in [0.1, 0.15) is 5.69 Å². The molecule has 9 heteroatoms. The van der Waals surface area contributed by atoms with E-state index >= 15 is 0 Å². The second-order valence-corrected chi connectivity index (χ2v) is 5.54. The van der Waals surface area contributed by atoms with E-state index < -0.39 is 29.2 Å². The first-order valence-corrected chi connectivity index (χ1v) is 7.25. The van der Waals surface area contributed by atoms with Crippen molar-refractivity contribution in [3.8, 4) is 0 Å². The van der Waals surface area contributed by atoms with Gasteiger partial charge >= 0.3 is 0 Å².